The van der Waals surface area contributed by atoms with Crippen molar-refractivity contribution >= 4 is 17.2 Å². The number of nitrogens with zero attached hydrogens (tertiary/aromatic N) is 1. The first kappa shape index (κ1) is 14.5. The molecule has 2 aromatic heterocycles. The number of amides is 1. The van der Waals surface area contributed by atoms with Crippen LogP contribution in [0.4, 0.5) is 0 Å². The predicted molar refractivity (Wildman–Crippen MR) is 86.9 cm³/mol. The van der Waals surface area contributed by atoms with Gasteiger partial charge in [-0.3, -0.25) is 4.79 Å². The summed E-state index contributed by atoms with van der Waals surface area (Å²) in [6.45, 7) is 3.92. The van der Waals surface area contributed by atoms with Crippen LogP contribution in [0.5, 0.6) is 0 Å². The number of aryl methyl sites for hydroxylation is 1. The standard InChI is InChI=1S/C17H16N2O2S/c1-11-5-7-13(8-6-11)17-19-14(10-22-17)16(20)18-12(2)15-4-3-9-21-15/h3-10,12H,1-2H3,(H,18,20)/t12-/m0/s1. The van der Waals surface area contributed by atoms with E-state index in [0.717, 1.165) is 16.3 Å². The summed E-state index contributed by atoms with van der Waals surface area (Å²) < 4.78 is 5.29. The molecule has 0 aliphatic heterocycles. The van der Waals surface area contributed by atoms with E-state index < -0.39 is 0 Å². The molecule has 1 amide bonds. The summed E-state index contributed by atoms with van der Waals surface area (Å²) in [5, 5.41) is 5.50. The van der Waals surface area contributed by atoms with Crippen LogP contribution in [0.3, 0.4) is 0 Å². The zero-order chi connectivity index (χ0) is 15.5. The Hall–Kier alpha value is -2.40. The van der Waals surface area contributed by atoms with Crippen molar-refractivity contribution in [1.82, 2.24) is 10.3 Å². The van der Waals surface area contributed by atoms with E-state index in [1.807, 2.05) is 44.2 Å². The van der Waals surface area contributed by atoms with Crippen molar-refractivity contribution in [1.29, 1.82) is 0 Å². The van der Waals surface area contributed by atoms with Gasteiger partial charge in [0.25, 0.3) is 5.91 Å². The van der Waals surface area contributed by atoms with Crippen molar-refractivity contribution in [3.05, 3.63) is 65.1 Å². The van der Waals surface area contributed by atoms with Gasteiger partial charge in [-0.25, -0.2) is 4.98 Å². The predicted octanol–water partition coefficient (Wildman–Crippen LogP) is 4.20. The van der Waals surface area contributed by atoms with Gasteiger partial charge in [-0.2, -0.15) is 0 Å². The minimum atomic E-state index is -0.196. The number of hydrogen-bond donors (Lipinski definition) is 1. The smallest absolute Gasteiger partial charge is 0.271 e. The molecule has 0 saturated heterocycles. The van der Waals surface area contributed by atoms with E-state index >= 15 is 0 Å². The third-order valence-electron chi connectivity index (χ3n) is 3.35. The highest BCUT2D eigenvalue weighted by molar-refractivity contribution is 7.13. The van der Waals surface area contributed by atoms with Crippen molar-refractivity contribution in [2.45, 2.75) is 19.9 Å². The number of nitrogens with one attached hydrogen (secondary N) is 1. The van der Waals surface area contributed by atoms with Gasteiger partial charge in [0.1, 0.15) is 16.5 Å². The van der Waals surface area contributed by atoms with E-state index in [-0.39, 0.29) is 11.9 Å². The molecule has 112 valence electrons. The van der Waals surface area contributed by atoms with E-state index in [1.165, 1.54) is 16.9 Å². The molecular formula is C17H16N2O2S. The Bertz CT molecular complexity index is 760. The Balaban J connectivity index is 1.73. The van der Waals surface area contributed by atoms with E-state index in [1.54, 1.807) is 17.7 Å². The van der Waals surface area contributed by atoms with Gasteiger partial charge in [0.05, 0.1) is 12.3 Å². The number of hydrogen-bond acceptors (Lipinski definition) is 4. The number of furan rings is 1. The summed E-state index contributed by atoms with van der Waals surface area (Å²) in [4.78, 5) is 16.7. The van der Waals surface area contributed by atoms with Gasteiger partial charge in [0.2, 0.25) is 0 Å². The highest BCUT2D eigenvalue weighted by Crippen LogP contribution is 2.24. The average Bonchev–Trinajstić information content (AvgIpc) is 3.20. The van der Waals surface area contributed by atoms with Gasteiger partial charge in [-0.1, -0.05) is 29.8 Å². The van der Waals surface area contributed by atoms with Gasteiger partial charge in [-0.15, -0.1) is 11.3 Å². The van der Waals surface area contributed by atoms with Gasteiger partial charge >= 0.3 is 0 Å². The van der Waals surface area contributed by atoms with Gasteiger partial charge in [0.15, 0.2) is 0 Å². The van der Waals surface area contributed by atoms with E-state index in [4.69, 9.17) is 4.42 Å². The minimum absolute atomic E-state index is 0.188. The molecule has 0 saturated carbocycles. The summed E-state index contributed by atoms with van der Waals surface area (Å²) in [6.07, 6.45) is 1.59. The molecule has 0 fully saturated rings. The average molecular weight is 312 g/mol. The molecule has 1 aromatic carbocycles. The molecule has 0 spiro atoms. The topological polar surface area (TPSA) is 55.1 Å². The van der Waals surface area contributed by atoms with Crippen LogP contribution >= 0.6 is 11.3 Å². The number of aromatic nitrogens is 1. The Kier molecular flexibility index (Phi) is 4.06. The Labute approximate surface area is 132 Å². The second kappa shape index (κ2) is 6.15. The molecule has 1 atom stereocenters. The highest BCUT2D eigenvalue weighted by atomic mass is 32.1. The molecule has 4 nitrogen and oxygen atoms in total. The first-order valence-electron chi connectivity index (χ1n) is 7.00. The third-order valence-corrected chi connectivity index (χ3v) is 4.24. The Morgan fingerprint density at radius 3 is 2.73 bits per heavy atom. The van der Waals surface area contributed by atoms with E-state index in [2.05, 4.69) is 10.3 Å². The number of carbonyl (C=O) groups excluding carboxylic acids is 1. The first-order valence-corrected chi connectivity index (χ1v) is 7.88. The molecule has 0 aliphatic rings. The fourth-order valence-electron chi connectivity index (χ4n) is 2.09. The number of rotatable bonds is 4. The van der Waals surface area contributed by atoms with Gasteiger partial charge in [-0.05, 0) is 26.0 Å². The van der Waals surface area contributed by atoms with Crippen LogP contribution in [0.2, 0.25) is 0 Å². The first-order chi connectivity index (χ1) is 10.6. The summed E-state index contributed by atoms with van der Waals surface area (Å²) in [5.41, 5.74) is 2.65. The molecule has 0 unspecified atom stereocenters. The molecule has 0 bridgehead atoms. The summed E-state index contributed by atoms with van der Waals surface area (Å²) in [6, 6.07) is 11.6. The lowest BCUT2D eigenvalue weighted by atomic mass is 10.2. The molecule has 0 aliphatic carbocycles. The van der Waals surface area contributed by atoms with Gasteiger partial charge < -0.3 is 9.73 Å². The van der Waals surface area contributed by atoms with E-state index in [0.29, 0.717) is 5.69 Å². The molecule has 3 aromatic rings. The van der Waals surface area contributed by atoms with Crippen LogP contribution in [0.1, 0.15) is 34.8 Å². The van der Waals surface area contributed by atoms with Crippen LogP contribution in [0, 0.1) is 6.92 Å². The lowest BCUT2D eigenvalue weighted by molar-refractivity contribution is 0.0931. The quantitative estimate of drug-likeness (QED) is 0.785. The SMILES string of the molecule is Cc1ccc(-c2nc(C(=O)N[C@@H](C)c3ccco3)cs2)cc1. The molecule has 1 N–H and O–H groups in total. The Morgan fingerprint density at radius 2 is 2.05 bits per heavy atom. The van der Waals surface area contributed by atoms with Crippen molar-refractivity contribution in [2.24, 2.45) is 0 Å². The maximum absolute atomic E-state index is 12.2. The number of benzene rings is 1. The summed E-state index contributed by atoms with van der Waals surface area (Å²) in [5.74, 6) is 0.529. The lowest BCUT2D eigenvalue weighted by Gasteiger charge is -2.09. The van der Waals surface area contributed by atoms with Crippen molar-refractivity contribution in [3.63, 3.8) is 0 Å². The third kappa shape index (κ3) is 3.09. The molecule has 0 radical (unpaired) electrons. The second-order valence-electron chi connectivity index (χ2n) is 5.11. The van der Waals surface area contributed by atoms with Crippen LogP contribution in [-0.2, 0) is 0 Å². The van der Waals surface area contributed by atoms with Gasteiger partial charge in [0, 0.05) is 10.9 Å². The number of carbonyl (C=O) groups is 1. The monoisotopic (exact) mass is 312 g/mol. The van der Waals surface area contributed by atoms with Crippen molar-refractivity contribution in [3.8, 4) is 10.6 Å². The van der Waals surface area contributed by atoms with Crippen LogP contribution in [0.15, 0.2) is 52.5 Å². The highest BCUT2D eigenvalue weighted by Gasteiger charge is 2.16. The molecule has 5 heteroatoms. The van der Waals surface area contributed by atoms with Crippen LogP contribution in [-0.4, -0.2) is 10.9 Å². The molecule has 2 heterocycles. The maximum atomic E-state index is 12.2. The fourth-order valence-corrected chi connectivity index (χ4v) is 2.89. The largest absolute Gasteiger partial charge is 0.467 e. The molecular weight excluding hydrogens is 296 g/mol. The van der Waals surface area contributed by atoms with Crippen LogP contribution < -0.4 is 5.32 Å². The van der Waals surface area contributed by atoms with Crippen molar-refractivity contribution in [2.75, 3.05) is 0 Å². The zero-order valence-electron chi connectivity index (χ0n) is 12.4. The molecule has 3 rings (SSSR count). The second-order valence-corrected chi connectivity index (χ2v) is 5.97. The number of thiazole rings is 1. The van der Waals surface area contributed by atoms with Crippen LogP contribution in [0.25, 0.3) is 10.6 Å². The molecule has 22 heavy (non-hydrogen) atoms. The maximum Gasteiger partial charge on any atom is 0.271 e. The fraction of sp³-hybridized carbons (Fsp3) is 0.176. The van der Waals surface area contributed by atoms with E-state index in [9.17, 15) is 4.79 Å². The minimum Gasteiger partial charge on any atom is -0.467 e. The summed E-state index contributed by atoms with van der Waals surface area (Å²) >= 11 is 1.47. The Morgan fingerprint density at radius 1 is 1.27 bits per heavy atom. The van der Waals surface area contributed by atoms with Crippen molar-refractivity contribution < 1.29 is 9.21 Å². The normalized spacial score (nSPS) is 12.1. The summed E-state index contributed by atoms with van der Waals surface area (Å²) in [7, 11) is 0. The lowest BCUT2D eigenvalue weighted by Crippen LogP contribution is -2.26. The zero-order valence-corrected chi connectivity index (χ0v) is 13.2.